The number of aliphatic carboxylic acids is 1. The van der Waals surface area contributed by atoms with E-state index in [0.717, 1.165) is 5.57 Å². The van der Waals surface area contributed by atoms with Gasteiger partial charge in [-0.1, -0.05) is 65.3 Å². The van der Waals surface area contributed by atoms with Gasteiger partial charge in [0.1, 0.15) is 54.4 Å². The van der Waals surface area contributed by atoms with Crippen molar-refractivity contribution in [2.24, 2.45) is 56.2 Å². The molecule has 0 amide bonds. The number of hydrogen-bond acceptors (Lipinski definition) is 23. The van der Waals surface area contributed by atoms with Crippen LogP contribution in [0.4, 0.5) is 0 Å². The van der Waals surface area contributed by atoms with Crippen LogP contribution in [0.1, 0.15) is 115 Å². The zero-order chi connectivity index (χ0) is 61.6. The fourth-order valence-electron chi connectivity index (χ4n) is 16.7. The summed E-state index contributed by atoms with van der Waals surface area (Å²) in [5, 5.41) is 147. The van der Waals surface area contributed by atoms with Gasteiger partial charge in [-0.25, -0.2) is 14.4 Å². The van der Waals surface area contributed by atoms with Crippen LogP contribution in [0, 0.1) is 56.2 Å². The average molecular weight is 1190 g/mol. The quantitative estimate of drug-likeness (QED) is 0.0414. The van der Waals surface area contributed by atoms with Crippen molar-refractivity contribution in [3.8, 4) is 0 Å². The number of carboxylic acids is 1. The molecule has 3 aliphatic heterocycles. The van der Waals surface area contributed by atoms with Crippen LogP contribution in [-0.4, -0.2) is 227 Å². The number of fused-ring (bicyclic) bond motifs is 7. The number of rotatable bonds is 16. The number of hydrogen-bond donors (Lipinski definition) is 13. The molecular weight excluding hydrogens is 1090 g/mol. The van der Waals surface area contributed by atoms with Crippen molar-refractivity contribution in [3.05, 3.63) is 34.9 Å². The molecule has 0 radical (unpaired) electrons. The highest BCUT2D eigenvalue weighted by atomic mass is 16.8. The standard InChI is InChI=1S/C59H92O24/c1-12-26(3)48(74)81-45-46(82-49(75)27(4)13-2)59(25-63)30(20-53(45,5)6)29-14-15-33-54(7)18-17-34(55(8,23-61)32(54)16-19-56(33,9)58(29,11)43(70)44(59)71)78-52-40(79-51-39(68)37(66)42(69)57(10,24-62)83-51)28(35(64)41(80-52)47(72)73)22-76-50-38(67)36(65)31(21-60)77-50/h12-14,28,30-46,50-52,60-71H,15-25H2,1-11H3,(H,72,73)/t28-,30?,31+,32?,33?,34+,35+,36?,37+,38+,39?,40?,41?,42+,43+,44-,45+,46+,50-,51-,52-,54+,55-,56-,57?,58+,59+/m1/s1. The first-order chi connectivity index (χ1) is 38.7. The third-order valence-electron chi connectivity index (χ3n) is 22.3. The van der Waals surface area contributed by atoms with E-state index in [1.54, 1.807) is 39.8 Å². The van der Waals surface area contributed by atoms with Crippen molar-refractivity contribution < 1.29 is 119 Å². The molecule has 27 atom stereocenters. The normalized spacial score (nSPS) is 49.8. The van der Waals surface area contributed by atoms with Crippen molar-refractivity contribution in [1.29, 1.82) is 0 Å². The molecule has 8 rings (SSSR count). The van der Waals surface area contributed by atoms with Gasteiger partial charge in [0, 0.05) is 33.3 Å². The molecule has 4 saturated carbocycles. The van der Waals surface area contributed by atoms with Gasteiger partial charge in [0.15, 0.2) is 31.1 Å². The first-order valence-electron chi connectivity index (χ1n) is 29.1. The number of carbonyl (C=O) groups excluding carboxylic acids is 2. The molecule has 0 aromatic carbocycles. The molecule has 8 unspecified atom stereocenters. The smallest absolute Gasteiger partial charge is 0.335 e. The van der Waals surface area contributed by atoms with E-state index in [4.69, 9.17) is 37.9 Å². The average Bonchev–Trinajstić information content (AvgIpc) is 0.965. The highest BCUT2D eigenvalue weighted by molar-refractivity contribution is 5.89. The molecule has 5 aliphatic carbocycles. The number of ether oxygens (including phenoxy) is 8. The predicted molar refractivity (Wildman–Crippen MR) is 287 cm³/mol. The van der Waals surface area contributed by atoms with E-state index in [-0.39, 0.29) is 30.3 Å². The fraction of sp³-hybridized carbons (Fsp3) is 0.847. The molecule has 7 fully saturated rings. The summed E-state index contributed by atoms with van der Waals surface area (Å²) >= 11 is 0. The number of aliphatic hydroxyl groups is 12. The van der Waals surface area contributed by atoms with Crippen molar-refractivity contribution >= 4 is 17.9 Å². The molecule has 83 heavy (non-hydrogen) atoms. The summed E-state index contributed by atoms with van der Waals surface area (Å²) < 4.78 is 49.2. The Labute approximate surface area is 484 Å². The summed E-state index contributed by atoms with van der Waals surface area (Å²) in [6.45, 7) is 16.0. The molecule has 24 heteroatoms. The Morgan fingerprint density at radius 2 is 1.29 bits per heavy atom. The van der Waals surface area contributed by atoms with Crippen LogP contribution in [0.3, 0.4) is 0 Å². The third-order valence-corrected chi connectivity index (χ3v) is 22.3. The van der Waals surface area contributed by atoms with E-state index < -0.39 is 205 Å². The van der Waals surface area contributed by atoms with Gasteiger partial charge in [-0.15, -0.1) is 0 Å². The molecule has 8 aliphatic rings. The van der Waals surface area contributed by atoms with Crippen molar-refractivity contribution in [3.63, 3.8) is 0 Å². The molecule has 0 spiro atoms. The van der Waals surface area contributed by atoms with Crippen LogP contribution < -0.4 is 0 Å². The topological polar surface area (TPSA) is 388 Å². The molecule has 0 aromatic heterocycles. The van der Waals surface area contributed by atoms with Crippen LogP contribution >= 0.6 is 0 Å². The lowest BCUT2D eigenvalue weighted by Crippen LogP contribution is -2.76. The summed E-state index contributed by atoms with van der Waals surface area (Å²) in [5.74, 6) is -5.92. The number of aliphatic hydroxyl groups excluding tert-OH is 12. The third kappa shape index (κ3) is 10.3. The first-order valence-corrected chi connectivity index (χ1v) is 29.1. The SMILES string of the molecule is CC=C(C)C(=O)O[C@H]1[C@H](OC(=O)C(C)=CC)[C@@]2(CO)C(CC1(C)C)C1=CCC3[C@@]4(C)CC[C@H](O[C@@H]5OC(C(=O)O)[C@@H](O)[C@@H](CO[C@@H]6O[C@@H](CO)C(O)[C@@H]6O)C5O[C@@H]5OC(C)(CO)[C@@H](O)[C@@H](O)C5O)[C@](C)(CO)C4CC[C@@]3(C)[C@]1(C)[C@@H](O)[C@H]2O. The van der Waals surface area contributed by atoms with Crippen LogP contribution in [0.15, 0.2) is 34.9 Å². The zero-order valence-electron chi connectivity index (χ0n) is 49.4. The zero-order valence-corrected chi connectivity index (χ0v) is 49.4. The van der Waals surface area contributed by atoms with Gasteiger partial charge in [-0.3, -0.25) is 0 Å². The molecule has 0 aromatic rings. The van der Waals surface area contributed by atoms with Gasteiger partial charge in [-0.05, 0) is 102 Å². The summed E-state index contributed by atoms with van der Waals surface area (Å²) in [6, 6.07) is 0. The summed E-state index contributed by atoms with van der Waals surface area (Å²) in [5.41, 5.74) is -7.12. The molecule has 3 heterocycles. The molecular formula is C59H92O24. The van der Waals surface area contributed by atoms with E-state index in [2.05, 4.69) is 19.9 Å². The molecule has 13 N–H and O–H groups in total. The second kappa shape index (κ2) is 23.8. The monoisotopic (exact) mass is 1180 g/mol. The summed E-state index contributed by atoms with van der Waals surface area (Å²) in [7, 11) is 0. The predicted octanol–water partition coefficient (Wildman–Crippen LogP) is -0.127. The second-order valence-corrected chi connectivity index (χ2v) is 26.9. The highest BCUT2D eigenvalue weighted by Crippen LogP contribution is 2.76. The lowest BCUT2D eigenvalue weighted by atomic mass is 9.32. The number of esters is 2. The molecule has 24 nitrogen and oxygen atoms in total. The van der Waals surface area contributed by atoms with Crippen molar-refractivity contribution in [2.75, 3.05) is 33.0 Å². The Morgan fingerprint density at radius 1 is 0.675 bits per heavy atom. The van der Waals surface area contributed by atoms with E-state index in [9.17, 15) is 80.8 Å². The lowest BCUT2D eigenvalue weighted by Gasteiger charge is -2.73. The van der Waals surface area contributed by atoms with Gasteiger partial charge in [0.05, 0.1) is 62.9 Å². The van der Waals surface area contributed by atoms with Gasteiger partial charge in [0.2, 0.25) is 0 Å². The molecule has 3 saturated heterocycles. The Hall–Kier alpha value is -3.09. The molecule has 0 bridgehead atoms. The van der Waals surface area contributed by atoms with Crippen molar-refractivity contribution in [2.45, 2.75) is 225 Å². The number of allylic oxidation sites excluding steroid dienone is 3. The first kappa shape index (κ1) is 65.9. The van der Waals surface area contributed by atoms with E-state index in [0.29, 0.717) is 31.3 Å². The number of carboxylic acid groups (broad SMARTS) is 1. The van der Waals surface area contributed by atoms with Crippen molar-refractivity contribution in [1.82, 2.24) is 0 Å². The van der Waals surface area contributed by atoms with Crippen LogP contribution in [0.25, 0.3) is 0 Å². The maximum atomic E-state index is 13.9. The van der Waals surface area contributed by atoms with E-state index in [1.165, 1.54) is 6.92 Å². The maximum absolute atomic E-state index is 13.9. The second-order valence-electron chi connectivity index (χ2n) is 26.9. The summed E-state index contributed by atoms with van der Waals surface area (Å²) in [4.78, 5) is 40.5. The van der Waals surface area contributed by atoms with Crippen LogP contribution in [-0.2, 0) is 52.3 Å². The van der Waals surface area contributed by atoms with Gasteiger partial charge >= 0.3 is 17.9 Å². The molecule has 472 valence electrons. The minimum Gasteiger partial charge on any atom is -0.479 e. The Balaban J connectivity index is 1.15. The Kier molecular flexibility index (Phi) is 18.9. The Morgan fingerprint density at radius 3 is 1.84 bits per heavy atom. The largest absolute Gasteiger partial charge is 0.479 e. The summed E-state index contributed by atoms with van der Waals surface area (Å²) in [6.07, 6.45) is -20.9. The van der Waals surface area contributed by atoms with Gasteiger partial charge in [0.25, 0.3) is 0 Å². The number of carbonyl (C=O) groups is 3. The minimum absolute atomic E-state index is 0.192. The fourth-order valence-corrected chi connectivity index (χ4v) is 16.7. The maximum Gasteiger partial charge on any atom is 0.335 e. The lowest BCUT2D eigenvalue weighted by molar-refractivity contribution is -0.386. The minimum atomic E-state index is -2.04. The Bertz CT molecular complexity index is 2490. The van der Waals surface area contributed by atoms with E-state index in [1.807, 2.05) is 27.7 Å². The highest BCUT2D eigenvalue weighted by Gasteiger charge is 2.77. The van der Waals surface area contributed by atoms with Gasteiger partial charge in [-0.2, -0.15) is 0 Å². The van der Waals surface area contributed by atoms with Gasteiger partial charge < -0.3 is 104 Å². The van der Waals surface area contributed by atoms with E-state index >= 15 is 0 Å². The van der Waals surface area contributed by atoms with Crippen LogP contribution in [0.5, 0.6) is 0 Å². The van der Waals surface area contributed by atoms with Crippen LogP contribution in [0.2, 0.25) is 0 Å².